The van der Waals surface area contributed by atoms with Crippen molar-refractivity contribution in [1.29, 1.82) is 5.53 Å². The summed E-state index contributed by atoms with van der Waals surface area (Å²) in [7, 11) is 0. The molecule has 0 unspecified atom stereocenters. The molecule has 22 nitrogen and oxygen atoms in total. The molecule has 10 N–H and O–H groups in total. The van der Waals surface area contributed by atoms with Crippen LogP contribution in [0.25, 0.3) is 21.6 Å². The van der Waals surface area contributed by atoms with E-state index in [0.717, 1.165) is 72.7 Å². The maximum absolute atomic E-state index is 12.6. The zero-order valence-corrected chi connectivity index (χ0v) is 50.3. The second-order valence-corrected chi connectivity index (χ2v) is 19.2. The second-order valence-electron chi connectivity index (χ2n) is 18.0. The van der Waals surface area contributed by atoms with Gasteiger partial charge in [0.2, 0.25) is 0 Å². The lowest BCUT2D eigenvalue weighted by molar-refractivity contribution is -0.138. The Balaban J connectivity index is 0.000000410. The van der Waals surface area contributed by atoms with Gasteiger partial charge in [-0.15, -0.1) is 17.9 Å². The molecule has 0 saturated carbocycles. The van der Waals surface area contributed by atoms with Gasteiger partial charge in [0, 0.05) is 73.3 Å². The molecule has 9 rings (SSSR count). The fraction of sp³-hybridized carbons (Fsp3) is 0.241. The minimum absolute atomic E-state index is 0. The predicted molar refractivity (Wildman–Crippen MR) is 331 cm³/mol. The van der Waals surface area contributed by atoms with Crippen molar-refractivity contribution < 1.29 is 83.8 Å². The maximum Gasteiger partial charge on any atom is 0.418 e. The number of carbonyl (C=O) groups excluding carboxylic acids is 3. The first kappa shape index (κ1) is 80.2. The smallest absolute Gasteiger partial charge is 0.415 e. The summed E-state index contributed by atoms with van der Waals surface area (Å²) in [5.74, 6) is 0.849. The molecule has 0 spiro atoms. The van der Waals surface area contributed by atoms with E-state index in [1.807, 2.05) is 6.07 Å². The van der Waals surface area contributed by atoms with E-state index in [9.17, 15) is 64.1 Å². The monoisotopic (exact) mass is 1390 g/mol. The Labute approximate surface area is 545 Å². The minimum Gasteiger partial charge on any atom is -0.415 e. The van der Waals surface area contributed by atoms with Gasteiger partial charge >= 0.3 is 36.1 Å². The molecular weight excluding hydrogens is 1340 g/mol. The van der Waals surface area contributed by atoms with E-state index >= 15 is 0 Å². The summed E-state index contributed by atoms with van der Waals surface area (Å²) in [4.78, 5) is 56.1. The summed E-state index contributed by atoms with van der Waals surface area (Å²) in [6.07, 6.45) is -5.91. The van der Waals surface area contributed by atoms with Crippen molar-refractivity contribution in [1.82, 2.24) is 35.1 Å². The highest BCUT2D eigenvalue weighted by molar-refractivity contribution is 6.61. The lowest BCUT2D eigenvalue weighted by atomic mass is 10.0. The molecule has 2 atom stereocenters. The Bertz CT molecular complexity index is 3550. The van der Waals surface area contributed by atoms with Crippen LogP contribution in [-0.4, -0.2) is 107 Å². The molecule has 35 heteroatoms. The van der Waals surface area contributed by atoms with Gasteiger partial charge < -0.3 is 45.9 Å². The average molecular weight is 1390 g/mol. The standard InChI is InChI=1S/C19H18ClF3N4O3.C13H9F3N2O2.C12H15ClN2O2.C7H5ClO2.C6H5F3N2.CH4.ClH.HN3/c20-14-7-12(15(29)10-28)8-25-17(14)11-3-5-27(6-4-11)18(30)26-16-2-1-13(9-24-16)19(21,22)23;14-13(15,16)9-6-7-11(17-8-9)18-12(19)20-10-4-2-1-3-5-10;13-10-5-9(11(17)7-16)6-15-12(10)8-1-3-14-4-2-8;8-7(9)10-6-4-2-1-3-5-6;7-6(8,9)4-1-2-5(10)11-3-4;;;1-3-2/h1-3,7-9,15,28-29H,4-6,10H2,(H,24,26,30);1-8H,(H,17,18,19);1,5-6,11,14,16-17H,2-4,7H2;1-5H;1-3H,(H2,10,11);1H4;1H;1H/t15-;;11-;;;;;/m0.0...../s1. The molecule has 2 aliphatic heterocycles. The number of carbonyl (C=O) groups is 3. The molecule has 93 heavy (non-hydrogen) atoms. The number of aromatic nitrogens is 5. The quantitative estimate of drug-likeness (QED) is 0.0202. The number of hydrogen-bond acceptors (Lipinski definition) is 17. The molecule has 0 fully saturated rings. The van der Waals surface area contributed by atoms with Crippen molar-refractivity contribution >= 4 is 93.4 Å². The van der Waals surface area contributed by atoms with Gasteiger partial charge in [0.1, 0.15) is 41.2 Å². The number of alkyl halides is 9. The van der Waals surface area contributed by atoms with Crippen LogP contribution in [0.4, 0.5) is 71.4 Å². The first-order chi connectivity index (χ1) is 43.1. The number of rotatable bonds is 10. The molecule has 0 aliphatic carbocycles. The number of aliphatic hydroxyl groups excluding tert-OH is 4. The Hall–Kier alpha value is -8.88. The first-order valence-electron chi connectivity index (χ1n) is 25.9. The molecule has 7 aromatic rings. The number of nitrogens with one attached hydrogen (secondary N) is 4. The van der Waals surface area contributed by atoms with Gasteiger partial charge in [0.25, 0.3) is 0 Å². The number of nitrogen functional groups attached to an aromatic ring is 1. The number of nitrogens with zero attached hydrogens (tertiary/aromatic N) is 8. The third-order valence-corrected chi connectivity index (χ3v) is 12.3. The zero-order chi connectivity index (χ0) is 67.3. The Morgan fingerprint density at radius 3 is 1.44 bits per heavy atom. The lowest BCUT2D eigenvalue weighted by Crippen LogP contribution is -2.38. The zero-order valence-electron chi connectivity index (χ0n) is 47.2. The summed E-state index contributed by atoms with van der Waals surface area (Å²) in [5, 5.41) is 45.7. The lowest BCUT2D eigenvalue weighted by Gasteiger charge is -2.26. The Morgan fingerprint density at radius 2 is 1.09 bits per heavy atom. The van der Waals surface area contributed by atoms with Crippen LogP contribution in [0.5, 0.6) is 11.5 Å². The number of halogens is 13. The van der Waals surface area contributed by atoms with E-state index in [4.69, 9.17) is 66.5 Å². The van der Waals surface area contributed by atoms with Crippen LogP contribution in [0.3, 0.4) is 0 Å². The topological polar surface area (TPSA) is 341 Å². The fourth-order valence-corrected chi connectivity index (χ4v) is 7.88. The number of para-hydroxylation sites is 2. The number of amides is 3. The number of hydrogen-bond donors (Lipinski definition) is 9. The van der Waals surface area contributed by atoms with Crippen molar-refractivity contribution in [2.24, 2.45) is 0 Å². The van der Waals surface area contributed by atoms with Crippen LogP contribution in [0, 0.1) is 5.53 Å². The molecule has 500 valence electrons. The third kappa shape index (κ3) is 28.3. The molecule has 0 saturated heterocycles. The van der Waals surface area contributed by atoms with Crippen LogP contribution >= 0.6 is 47.2 Å². The van der Waals surface area contributed by atoms with Crippen LogP contribution < -0.4 is 31.2 Å². The summed E-state index contributed by atoms with van der Waals surface area (Å²) >= 11 is 17.3. The summed E-state index contributed by atoms with van der Waals surface area (Å²) in [6.45, 7) is 1.57. The Morgan fingerprint density at radius 1 is 0.656 bits per heavy atom. The molecule has 0 radical (unpaired) electrons. The number of pyridine rings is 5. The molecule has 7 heterocycles. The van der Waals surface area contributed by atoms with Crippen molar-refractivity contribution in [3.05, 3.63) is 212 Å². The number of nitrogens with two attached hydrogens (primary N) is 1. The van der Waals surface area contributed by atoms with Gasteiger partial charge in [0.15, 0.2) is 0 Å². The molecule has 0 bridgehead atoms. The Kier molecular flexibility index (Phi) is 34.1. The normalized spacial score (nSPS) is 13.0. The molecular formula is C58H58Cl4F9N13O9. The van der Waals surface area contributed by atoms with Gasteiger partial charge in [0.05, 0.1) is 51.3 Å². The number of benzene rings is 2. The number of ether oxygens (including phenoxy) is 2. The number of aliphatic hydroxyl groups is 4. The summed E-state index contributed by atoms with van der Waals surface area (Å²) in [6, 6.07) is 25.4. The van der Waals surface area contributed by atoms with Gasteiger partial charge in [-0.25, -0.2) is 29.3 Å². The summed E-state index contributed by atoms with van der Waals surface area (Å²) < 4.78 is 120. The number of urea groups is 1. The third-order valence-electron chi connectivity index (χ3n) is 11.7. The molecule has 2 aliphatic rings. The molecule has 3 amide bonds. The predicted octanol–water partition coefficient (Wildman–Crippen LogP) is 14.4. The summed E-state index contributed by atoms with van der Waals surface area (Å²) in [5.41, 5.74) is 18.1. The van der Waals surface area contributed by atoms with Crippen molar-refractivity contribution in [3.63, 3.8) is 0 Å². The van der Waals surface area contributed by atoms with Gasteiger partial charge in [-0.2, -0.15) is 39.5 Å². The van der Waals surface area contributed by atoms with Crippen LogP contribution in [-0.2, 0) is 18.5 Å². The first-order valence-corrected chi connectivity index (χ1v) is 27.1. The highest BCUT2D eigenvalue weighted by Gasteiger charge is 2.33. The SMILES string of the molecule is C.Cl.Nc1ccc(C(F)(F)F)cn1.O=C(Cl)Oc1ccccc1.O=C(Nc1ccc(C(F)(F)F)cn1)N1CC=C(c2ncc([C@@H](O)CO)cc2Cl)CC1.O=C(Nc1ccc(C(F)(F)F)cn1)Oc1ccccc1.OC[C@H](O)c1cnc(C2=CCNCC2)c(Cl)c1.[N-]=[N+]=N. The van der Waals surface area contributed by atoms with E-state index in [1.165, 1.54) is 17.2 Å². The van der Waals surface area contributed by atoms with Crippen molar-refractivity contribution in [3.8, 4) is 11.5 Å². The van der Waals surface area contributed by atoms with Crippen LogP contribution in [0.15, 0.2) is 152 Å². The molecule has 5 aromatic heterocycles. The van der Waals surface area contributed by atoms with E-state index in [0.29, 0.717) is 69.9 Å². The molecule has 2 aromatic carbocycles. The second kappa shape index (κ2) is 39.5. The van der Waals surface area contributed by atoms with E-state index in [-0.39, 0.29) is 50.4 Å². The maximum atomic E-state index is 12.6. The highest BCUT2D eigenvalue weighted by Crippen LogP contribution is 2.33. The highest BCUT2D eigenvalue weighted by atomic mass is 35.5. The number of anilines is 3. The van der Waals surface area contributed by atoms with E-state index in [1.54, 1.807) is 77.8 Å². The van der Waals surface area contributed by atoms with Gasteiger partial charge in [-0.3, -0.25) is 20.6 Å². The van der Waals surface area contributed by atoms with E-state index in [2.05, 4.69) is 51.7 Å². The van der Waals surface area contributed by atoms with Gasteiger partial charge in [-0.05, 0) is 114 Å². The fourth-order valence-electron chi connectivity index (χ4n) is 7.20. The van der Waals surface area contributed by atoms with Crippen LogP contribution in [0.1, 0.15) is 71.7 Å². The average Bonchev–Trinajstić information content (AvgIpc) is 1.90. The van der Waals surface area contributed by atoms with Crippen LogP contribution in [0.2, 0.25) is 10.0 Å². The van der Waals surface area contributed by atoms with Crippen molar-refractivity contribution in [2.75, 3.05) is 55.8 Å². The van der Waals surface area contributed by atoms with Crippen molar-refractivity contribution in [2.45, 2.75) is 51.0 Å². The van der Waals surface area contributed by atoms with E-state index < -0.39 is 71.6 Å². The minimum atomic E-state index is -4.49. The van der Waals surface area contributed by atoms with Gasteiger partial charge in [-0.1, -0.05) is 79.2 Å². The largest absolute Gasteiger partial charge is 0.418 e.